The minimum Gasteiger partial charge on any atom is -0.508 e. The van der Waals surface area contributed by atoms with Crippen LogP contribution < -0.4 is 9.47 Å². The Kier molecular flexibility index (Phi) is 6.64. The second kappa shape index (κ2) is 9.40. The van der Waals surface area contributed by atoms with Gasteiger partial charge in [0, 0.05) is 47.2 Å². The van der Waals surface area contributed by atoms with Crippen LogP contribution in [0.4, 0.5) is 4.39 Å². The first-order valence-corrected chi connectivity index (χ1v) is 11.3. The standard InChI is InChI=1S/C24H27BrFNO3/c1-16-22(28)8-7-20-23(21(25)10-14-29-24(16)20)17-3-5-18(6-4-17)30-19-9-13-27(15-19)12-2-11-26/h3-8,19,28H,2,9-15H2,1H3/t19-/m0/s1. The highest BCUT2D eigenvalue weighted by Crippen LogP contribution is 2.43. The number of alkyl halides is 1. The molecule has 0 bridgehead atoms. The van der Waals surface area contributed by atoms with E-state index in [4.69, 9.17) is 9.47 Å². The summed E-state index contributed by atoms with van der Waals surface area (Å²) in [5.74, 6) is 1.82. The van der Waals surface area contributed by atoms with Gasteiger partial charge in [-0.05, 0) is 49.6 Å². The molecule has 2 aromatic carbocycles. The third-order valence-electron chi connectivity index (χ3n) is 5.77. The van der Waals surface area contributed by atoms with Crippen LogP contribution >= 0.6 is 15.9 Å². The fraction of sp³-hybridized carbons (Fsp3) is 0.417. The summed E-state index contributed by atoms with van der Waals surface area (Å²) in [5.41, 5.74) is 3.88. The molecule has 160 valence electrons. The van der Waals surface area contributed by atoms with Crippen LogP contribution in [0, 0.1) is 6.92 Å². The van der Waals surface area contributed by atoms with Crippen LogP contribution in [0.1, 0.15) is 36.0 Å². The van der Waals surface area contributed by atoms with Crippen molar-refractivity contribution >= 4 is 21.5 Å². The Bertz CT molecular complexity index is 929. The summed E-state index contributed by atoms with van der Waals surface area (Å²) in [6.45, 7) is 4.79. The van der Waals surface area contributed by atoms with Crippen molar-refractivity contribution in [2.75, 3.05) is 32.9 Å². The Hall–Kier alpha value is -2.05. The zero-order valence-corrected chi connectivity index (χ0v) is 18.8. The van der Waals surface area contributed by atoms with Gasteiger partial charge in [0.15, 0.2) is 0 Å². The van der Waals surface area contributed by atoms with E-state index >= 15 is 0 Å². The van der Waals surface area contributed by atoms with Crippen molar-refractivity contribution in [1.82, 2.24) is 4.90 Å². The molecule has 1 atom stereocenters. The van der Waals surface area contributed by atoms with E-state index in [0.29, 0.717) is 13.0 Å². The lowest BCUT2D eigenvalue weighted by atomic mass is 9.94. The largest absolute Gasteiger partial charge is 0.508 e. The summed E-state index contributed by atoms with van der Waals surface area (Å²) >= 11 is 3.74. The SMILES string of the molecule is Cc1c(O)ccc2c1OCCC(Br)=C2c1ccc(O[C@H]2CCN(CCCF)C2)cc1. The molecule has 0 amide bonds. The van der Waals surface area contributed by atoms with Gasteiger partial charge in [-0.1, -0.05) is 28.1 Å². The third kappa shape index (κ3) is 4.49. The van der Waals surface area contributed by atoms with Crippen molar-refractivity contribution in [2.45, 2.75) is 32.3 Å². The van der Waals surface area contributed by atoms with E-state index in [9.17, 15) is 9.50 Å². The van der Waals surface area contributed by atoms with Gasteiger partial charge in [-0.2, -0.15) is 0 Å². The van der Waals surface area contributed by atoms with Crippen LogP contribution in [0.5, 0.6) is 17.2 Å². The van der Waals surface area contributed by atoms with E-state index in [2.05, 4.69) is 33.0 Å². The maximum Gasteiger partial charge on any atom is 0.133 e. The van der Waals surface area contributed by atoms with E-state index < -0.39 is 0 Å². The van der Waals surface area contributed by atoms with Crippen LogP contribution in [0.15, 0.2) is 40.9 Å². The van der Waals surface area contributed by atoms with Gasteiger partial charge >= 0.3 is 0 Å². The number of benzene rings is 2. The zero-order valence-electron chi connectivity index (χ0n) is 17.2. The molecule has 6 heteroatoms. The molecule has 1 N–H and O–H groups in total. The van der Waals surface area contributed by atoms with E-state index in [1.165, 1.54) is 0 Å². The van der Waals surface area contributed by atoms with Gasteiger partial charge in [-0.25, -0.2) is 0 Å². The summed E-state index contributed by atoms with van der Waals surface area (Å²) in [5, 5.41) is 10.1. The summed E-state index contributed by atoms with van der Waals surface area (Å²) in [4.78, 5) is 2.26. The van der Waals surface area contributed by atoms with Gasteiger partial charge in [0.05, 0.1) is 13.3 Å². The molecule has 1 saturated heterocycles. The number of hydrogen-bond donors (Lipinski definition) is 1. The lowest BCUT2D eigenvalue weighted by molar-refractivity contribution is 0.198. The minimum absolute atomic E-state index is 0.152. The van der Waals surface area contributed by atoms with Gasteiger partial charge < -0.3 is 14.6 Å². The predicted molar refractivity (Wildman–Crippen MR) is 120 cm³/mol. The first-order chi connectivity index (χ1) is 14.6. The third-order valence-corrected chi connectivity index (χ3v) is 6.56. The van der Waals surface area contributed by atoms with Crippen LogP contribution in [0.25, 0.3) is 5.57 Å². The summed E-state index contributed by atoms with van der Waals surface area (Å²) in [7, 11) is 0. The maximum absolute atomic E-state index is 12.4. The topological polar surface area (TPSA) is 41.9 Å². The molecule has 0 aliphatic carbocycles. The molecule has 2 aliphatic heterocycles. The lowest BCUT2D eigenvalue weighted by Gasteiger charge is -2.17. The van der Waals surface area contributed by atoms with Crippen molar-refractivity contribution < 1.29 is 19.0 Å². The van der Waals surface area contributed by atoms with Crippen molar-refractivity contribution in [3.05, 3.63) is 57.6 Å². The summed E-state index contributed by atoms with van der Waals surface area (Å²) in [6.07, 6.45) is 2.48. The first-order valence-electron chi connectivity index (χ1n) is 10.5. The first kappa shape index (κ1) is 21.2. The van der Waals surface area contributed by atoms with Crippen molar-refractivity contribution in [2.24, 2.45) is 0 Å². The van der Waals surface area contributed by atoms with Gasteiger partial charge in [-0.3, -0.25) is 9.29 Å². The number of fused-ring (bicyclic) bond motifs is 1. The van der Waals surface area contributed by atoms with Gasteiger partial charge in [0.1, 0.15) is 23.4 Å². The molecular formula is C24H27BrFNO3. The smallest absolute Gasteiger partial charge is 0.133 e. The summed E-state index contributed by atoms with van der Waals surface area (Å²) < 4.78 is 25.6. The van der Waals surface area contributed by atoms with E-state index in [1.54, 1.807) is 6.07 Å². The number of rotatable bonds is 6. The van der Waals surface area contributed by atoms with E-state index in [1.807, 2.05) is 25.1 Å². The van der Waals surface area contributed by atoms with Gasteiger partial charge in [-0.15, -0.1) is 0 Å². The quantitative estimate of drug-likeness (QED) is 0.602. The van der Waals surface area contributed by atoms with E-state index in [-0.39, 0.29) is 18.5 Å². The highest BCUT2D eigenvalue weighted by atomic mass is 79.9. The highest BCUT2D eigenvalue weighted by Gasteiger charge is 2.24. The molecule has 0 saturated carbocycles. The average Bonchev–Trinajstić information content (AvgIpc) is 3.12. The molecule has 2 aliphatic rings. The molecule has 0 spiro atoms. The Morgan fingerprint density at radius 3 is 2.80 bits per heavy atom. The number of ether oxygens (including phenoxy) is 2. The fourth-order valence-corrected chi connectivity index (χ4v) is 4.77. The van der Waals surface area contributed by atoms with Crippen molar-refractivity contribution in [1.29, 1.82) is 0 Å². The average molecular weight is 476 g/mol. The molecule has 0 unspecified atom stereocenters. The van der Waals surface area contributed by atoms with Crippen LogP contribution in [0.2, 0.25) is 0 Å². The second-order valence-corrected chi connectivity index (χ2v) is 8.82. The molecule has 4 nitrogen and oxygen atoms in total. The van der Waals surface area contributed by atoms with Crippen LogP contribution in [-0.2, 0) is 0 Å². The molecule has 1 fully saturated rings. The van der Waals surface area contributed by atoms with Gasteiger partial charge in [0.2, 0.25) is 0 Å². The normalized spacial score (nSPS) is 19.4. The highest BCUT2D eigenvalue weighted by molar-refractivity contribution is 9.11. The molecular weight excluding hydrogens is 449 g/mol. The molecule has 4 rings (SSSR count). The zero-order chi connectivity index (χ0) is 21.1. The van der Waals surface area contributed by atoms with Crippen LogP contribution in [-0.4, -0.2) is 49.0 Å². The van der Waals surface area contributed by atoms with Crippen molar-refractivity contribution in [3.8, 4) is 17.2 Å². The number of hydrogen-bond acceptors (Lipinski definition) is 4. The Balaban J connectivity index is 1.52. The Labute approximate surface area is 185 Å². The number of phenols is 1. The number of nitrogens with zero attached hydrogens (tertiary/aromatic N) is 1. The molecule has 2 aromatic rings. The van der Waals surface area contributed by atoms with E-state index in [0.717, 1.165) is 70.7 Å². The maximum atomic E-state index is 12.4. The monoisotopic (exact) mass is 475 g/mol. The molecule has 0 radical (unpaired) electrons. The van der Waals surface area contributed by atoms with Crippen LogP contribution in [0.3, 0.4) is 0 Å². The second-order valence-electron chi connectivity index (χ2n) is 7.86. The molecule has 2 heterocycles. The summed E-state index contributed by atoms with van der Waals surface area (Å²) in [6, 6.07) is 11.8. The number of phenolic OH excluding ortho intramolecular Hbond substituents is 1. The Morgan fingerprint density at radius 2 is 2.03 bits per heavy atom. The molecule has 30 heavy (non-hydrogen) atoms. The number of aromatic hydroxyl groups is 1. The minimum atomic E-state index is -0.262. The van der Waals surface area contributed by atoms with Gasteiger partial charge in [0.25, 0.3) is 0 Å². The number of halogens is 2. The van der Waals surface area contributed by atoms with Crippen molar-refractivity contribution in [3.63, 3.8) is 0 Å². The Morgan fingerprint density at radius 1 is 1.23 bits per heavy atom. The lowest BCUT2D eigenvalue weighted by Crippen LogP contribution is -2.26. The molecule has 0 aromatic heterocycles. The fourth-order valence-electron chi connectivity index (χ4n) is 4.16. The predicted octanol–water partition coefficient (Wildman–Crippen LogP) is 5.45. The number of likely N-dealkylation sites (tertiary alicyclic amines) is 1.